The van der Waals surface area contributed by atoms with E-state index in [1.54, 1.807) is 0 Å². The van der Waals surface area contributed by atoms with E-state index in [9.17, 15) is 0 Å². The van der Waals surface area contributed by atoms with Gasteiger partial charge in [-0.1, -0.05) is 37.6 Å². The van der Waals surface area contributed by atoms with Crippen LogP contribution in [0.25, 0.3) is 11.3 Å². The Bertz CT molecular complexity index is 465. The molecule has 0 amide bonds. The van der Waals surface area contributed by atoms with Crippen molar-refractivity contribution in [2.45, 2.75) is 19.8 Å². The van der Waals surface area contributed by atoms with Gasteiger partial charge < -0.3 is 5.73 Å². The maximum atomic E-state index is 5.74. The second kappa shape index (κ2) is 4.70. The zero-order valence-electron chi connectivity index (χ0n) is 9.22. The largest absolute Gasteiger partial charge is 0.382 e. The number of hydrogen-bond acceptors (Lipinski definition) is 4. The molecule has 0 aliphatic carbocycles. The van der Waals surface area contributed by atoms with Crippen molar-refractivity contribution < 1.29 is 0 Å². The summed E-state index contributed by atoms with van der Waals surface area (Å²) in [7, 11) is 0. The van der Waals surface area contributed by atoms with E-state index in [1.165, 1.54) is 11.9 Å². The van der Waals surface area contributed by atoms with Gasteiger partial charge in [0, 0.05) is 5.56 Å². The van der Waals surface area contributed by atoms with E-state index in [0.717, 1.165) is 18.4 Å². The van der Waals surface area contributed by atoms with Gasteiger partial charge in [-0.25, -0.2) is 4.98 Å². The third-order valence-electron chi connectivity index (χ3n) is 2.41. The van der Waals surface area contributed by atoms with E-state index in [0.29, 0.717) is 11.5 Å². The van der Waals surface area contributed by atoms with E-state index < -0.39 is 0 Å². The van der Waals surface area contributed by atoms with Gasteiger partial charge in [-0.15, -0.1) is 10.2 Å². The molecule has 0 fully saturated rings. The quantitative estimate of drug-likeness (QED) is 0.849. The molecule has 2 rings (SSSR count). The first-order chi connectivity index (χ1) is 7.81. The standard InChI is InChI=1S/C12H14N4/c1-2-3-9-4-6-10(7-5-9)11-12(13)14-8-15-16-11/h4-8H,2-3H2,1H3,(H2,13,14,15). The molecule has 2 N–H and O–H groups in total. The highest BCUT2D eigenvalue weighted by Crippen LogP contribution is 2.21. The lowest BCUT2D eigenvalue weighted by Crippen LogP contribution is -1.98. The van der Waals surface area contributed by atoms with Crippen molar-refractivity contribution in [2.75, 3.05) is 5.73 Å². The number of nitrogens with two attached hydrogens (primary N) is 1. The fraction of sp³-hybridized carbons (Fsp3) is 0.250. The molecule has 0 saturated heterocycles. The SMILES string of the molecule is CCCc1ccc(-c2nncnc2N)cc1. The zero-order valence-corrected chi connectivity index (χ0v) is 9.22. The van der Waals surface area contributed by atoms with Crippen LogP contribution in [-0.4, -0.2) is 15.2 Å². The molecule has 0 bridgehead atoms. The Balaban J connectivity index is 2.31. The molecule has 0 unspecified atom stereocenters. The minimum atomic E-state index is 0.415. The van der Waals surface area contributed by atoms with Crippen LogP contribution in [0.5, 0.6) is 0 Å². The first-order valence-corrected chi connectivity index (χ1v) is 5.33. The zero-order chi connectivity index (χ0) is 11.4. The first-order valence-electron chi connectivity index (χ1n) is 5.33. The third kappa shape index (κ3) is 2.16. The smallest absolute Gasteiger partial charge is 0.153 e. The van der Waals surface area contributed by atoms with Gasteiger partial charge in [0.1, 0.15) is 12.0 Å². The average molecular weight is 214 g/mol. The summed E-state index contributed by atoms with van der Waals surface area (Å²) in [4.78, 5) is 3.92. The Morgan fingerprint density at radius 3 is 2.56 bits per heavy atom. The van der Waals surface area contributed by atoms with Crippen molar-refractivity contribution >= 4 is 5.82 Å². The van der Waals surface area contributed by atoms with Gasteiger partial charge in [-0.3, -0.25) is 0 Å². The van der Waals surface area contributed by atoms with Gasteiger partial charge in [0.25, 0.3) is 0 Å². The number of hydrogen-bond donors (Lipinski definition) is 1. The summed E-state index contributed by atoms with van der Waals surface area (Å²) in [5, 5.41) is 7.73. The Hall–Kier alpha value is -1.97. The minimum Gasteiger partial charge on any atom is -0.382 e. The summed E-state index contributed by atoms with van der Waals surface area (Å²) in [5.41, 5.74) is 8.66. The summed E-state index contributed by atoms with van der Waals surface area (Å²) in [5.74, 6) is 0.415. The van der Waals surface area contributed by atoms with Crippen molar-refractivity contribution in [1.29, 1.82) is 0 Å². The summed E-state index contributed by atoms with van der Waals surface area (Å²) in [6, 6.07) is 8.19. The fourth-order valence-corrected chi connectivity index (χ4v) is 1.61. The fourth-order valence-electron chi connectivity index (χ4n) is 1.61. The number of nitrogen functional groups attached to an aromatic ring is 1. The summed E-state index contributed by atoms with van der Waals surface area (Å²) >= 11 is 0. The van der Waals surface area contributed by atoms with Crippen LogP contribution in [0.3, 0.4) is 0 Å². The molecule has 16 heavy (non-hydrogen) atoms. The molecule has 0 atom stereocenters. The Morgan fingerprint density at radius 1 is 1.19 bits per heavy atom. The predicted octanol–water partition coefficient (Wildman–Crippen LogP) is 2.07. The van der Waals surface area contributed by atoms with E-state index in [-0.39, 0.29) is 0 Å². The maximum absolute atomic E-state index is 5.74. The minimum absolute atomic E-state index is 0.415. The molecule has 82 valence electrons. The molecule has 0 aliphatic heterocycles. The average Bonchev–Trinajstić information content (AvgIpc) is 2.31. The molecule has 4 heteroatoms. The van der Waals surface area contributed by atoms with Crippen molar-refractivity contribution in [3.63, 3.8) is 0 Å². The van der Waals surface area contributed by atoms with Crippen LogP contribution in [-0.2, 0) is 6.42 Å². The highest BCUT2D eigenvalue weighted by atomic mass is 15.1. The number of aryl methyl sites for hydroxylation is 1. The Labute approximate surface area is 94.6 Å². The van der Waals surface area contributed by atoms with Crippen molar-refractivity contribution in [3.05, 3.63) is 36.2 Å². The molecular weight excluding hydrogens is 200 g/mol. The highest BCUT2D eigenvalue weighted by molar-refractivity contribution is 5.68. The van der Waals surface area contributed by atoms with Gasteiger partial charge in [0.2, 0.25) is 0 Å². The normalized spacial score (nSPS) is 10.3. The lowest BCUT2D eigenvalue weighted by atomic mass is 10.1. The summed E-state index contributed by atoms with van der Waals surface area (Å²) in [6.07, 6.45) is 3.59. The number of nitrogens with zero attached hydrogens (tertiary/aromatic N) is 3. The predicted molar refractivity (Wildman–Crippen MR) is 63.7 cm³/mol. The number of benzene rings is 1. The lowest BCUT2D eigenvalue weighted by molar-refractivity contribution is 0.921. The first kappa shape index (κ1) is 10.5. The molecule has 0 radical (unpaired) electrons. The summed E-state index contributed by atoms with van der Waals surface area (Å²) < 4.78 is 0. The second-order valence-electron chi connectivity index (χ2n) is 3.64. The van der Waals surface area contributed by atoms with E-state index in [4.69, 9.17) is 5.73 Å². The second-order valence-corrected chi connectivity index (χ2v) is 3.64. The van der Waals surface area contributed by atoms with Crippen LogP contribution < -0.4 is 5.73 Å². The van der Waals surface area contributed by atoms with Crippen LogP contribution in [0.15, 0.2) is 30.6 Å². The molecule has 4 nitrogen and oxygen atoms in total. The number of rotatable bonds is 3. The molecule has 1 heterocycles. The van der Waals surface area contributed by atoms with Crippen molar-refractivity contribution in [2.24, 2.45) is 0 Å². The van der Waals surface area contributed by atoms with Crippen molar-refractivity contribution in [1.82, 2.24) is 15.2 Å². The molecule has 1 aromatic heterocycles. The molecular formula is C12H14N4. The topological polar surface area (TPSA) is 64.7 Å². The highest BCUT2D eigenvalue weighted by Gasteiger charge is 2.04. The van der Waals surface area contributed by atoms with Crippen LogP contribution in [0.4, 0.5) is 5.82 Å². The van der Waals surface area contributed by atoms with Crippen LogP contribution in [0.1, 0.15) is 18.9 Å². The lowest BCUT2D eigenvalue weighted by Gasteiger charge is -2.03. The molecule has 0 spiro atoms. The Morgan fingerprint density at radius 2 is 1.94 bits per heavy atom. The monoisotopic (exact) mass is 214 g/mol. The molecule has 0 aliphatic rings. The van der Waals surface area contributed by atoms with E-state index >= 15 is 0 Å². The molecule has 1 aromatic carbocycles. The van der Waals surface area contributed by atoms with Gasteiger partial charge in [-0.05, 0) is 12.0 Å². The van der Waals surface area contributed by atoms with Gasteiger partial charge >= 0.3 is 0 Å². The van der Waals surface area contributed by atoms with Crippen molar-refractivity contribution in [3.8, 4) is 11.3 Å². The molecule has 2 aromatic rings. The van der Waals surface area contributed by atoms with Gasteiger partial charge in [0.05, 0.1) is 0 Å². The van der Waals surface area contributed by atoms with Crippen LogP contribution in [0.2, 0.25) is 0 Å². The Kier molecular flexibility index (Phi) is 3.10. The van der Waals surface area contributed by atoms with Gasteiger partial charge in [-0.2, -0.15) is 0 Å². The van der Waals surface area contributed by atoms with Crippen LogP contribution in [0, 0.1) is 0 Å². The maximum Gasteiger partial charge on any atom is 0.153 e. The summed E-state index contributed by atoms with van der Waals surface area (Å²) in [6.45, 7) is 2.17. The van der Waals surface area contributed by atoms with Gasteiger partial charge in [0.15, 0.2) is 5.82 Å². The third-order valence-corrected chi connectivity index (χ3v) is 2.41. The van der Waals surface area contributed by atoms with E-state index in [1.807, 2.05) is 12.1 Å². The van der Waals surface area contributed by atoms with Crippen LogP contribution >= 0.6 is 0 Å². The number of anilines is 1. The van der Waals surface area contributed by atoms with E-state index in [2.05, 4.69) is 34.2 Å². The number of aromatic nitrogens is 3. The molecule has 0 saturated carbocycles.